The molecule has 22 heavy (non-hydrogen) atoms. The van der Waals surface area contributed by atoms with Crippen LogP contribution in [0.3, 0.4) is 0 Å². The van der Waals surface area contributed by atoms with E-state index in [2.05, 4.69) is 22.1 Å². The van der Waals surface area contributed by atoms with E-state index in [1.807, 2.05) is 24.3 Å². The Kier molecular flexibility index (Phi) is 5.42. The van der Waals surface area contributed by atoms with Gasteiger partial charge in [0, 0.05) is 12.1 Å². The molecule has 7 nitrogen and oxygen atoms in total. The minimum Gasteiger partial charge on any atom is -0.497 e. The maximum absolute atomic E-state index is 11.5. The lowest BCUT2D eigenvalue weighted by Gasteiger charge is -2.05. The highest BCUT2D eigenvalue weighted by atomic mass is 32.2. The molecule has 0 saturated carbocycles. The summed E-state index contributed by atoms with van der Waals surface area (Å²) >= 11 is 1.22. The van der Waals surface area contributed by atoms with Crippen molar-refractivity contribution in [2.75, 3.05) is 25.3 Å². The first-order valence-electron chi connectivity index (χ1n) is 6.51. The molecule has 1 aromatic carbocycles. The highest BCUT2D eigenvalue weighted by molar-refractivity contribution is 7.99. The molecule has 0 saturated heterocycles. The molecular weight excluding hydrogens is 302 g/mol. The van der Waals surface area contributed by atoms with Gasteiger partial charge >= 0.3 is 0 Å². The van der Waals surface area contributed by atoms with Crippen molar-refractivity contribution in [1.29, 1.82) is 0 Å². The number of carbonyl (C=O) groups excluding carboxylic acids is 1. The Morgan fingerprint density at radius 3 is 2.82 bits per heavy atom. The van der Waals surface area contributed by atoms with Crippen LogP contribution in [0.15, 0.2) is 42.1 Å². The lowest BCUT2D eigenvalue weighted by atomic mass is 10.2. The molecule has 0 spiro atoms. The molecule has 0 unspecified atom stereocenters. The number of benzene rings is 1. The van der Waals surface area contributed by atoms with Gasteiger partial charge in [-0.25, -0.2) is 4.68 Å². The number of amides is 1. The third-order valence-corrected chi connectivity index (χ3v) is 3.73. The van der Waals surface area contributed by atoms with Gasteiger partial charge in [-0.2, -0.15) is 0 Å². The molecule has 3 N–H and O–H groups in total. The van der Waals surface area contributed by atoms with Crippen LogP contribution in [-0.4, -0.2) is 40.2 Å². The van der Waals surface area contributed by atoms with Crippen LogP contribution in [0.5, 0.6) is 5.75 Å². The number of rotatable bonds is 7. The number of nitrogens with one attached hydrogen (secondary N) is 1. The second-order valence-corrected chi connectivity index (χ2v) is 5.23. The molecular formula is C14H17N5O2S. The monoisotopic (exact) mass is 319 g/mol. The predicted octanol–water partition coefficient (Wildman–Crippen LogP) is 1.06. The van der Waals surface area contributed by atoms with Gasteiger partial charge in [0.1, 0.15) is 5.75 Å². The third kappa shape index (κ3) is 3.79. The van der Waals surface area contributed by atoms with Crippen LogP contribution in [0.1, 0.15) is 0 Å². The summed E-state index contributed by atoms with van der Waals surface area (Å²) in [6.07, 6.45) is 1.62. The summed E-state index contributed by atoms with van der Waals surface area (Å²) in [5.41, 5.74) is 0.818. The van der Waals surface area contributed by atoms with Crippen molar-refractivity contribution in [3.63, 3.8) is 0 Å². The Bertz CT molecular complexity index is 654. The number of nitrogens with zero attached hydrogens (tertiary/aromatic N) is 3. The fourth-order valence-electron chi connectivity index (χ4n) is 1.68. The fraction of sp³-hybridized carbons (Fsp3) is 0.214. The Morgan fingerprint density at radius 2 is 2.18 bits per heavy atom. The molecule has 116 valence electrons. The van der Waals surface area contributed by atoms with E-state index in [-0.39, 0.29) is 11.7 Å². The number of ether oxygens (including phenoxy) is 1. The maximum atomic E-state index is 11.5. The number of hydrogen-bond acceptors (Lipinski definition) is 6. The molecule has 0 aliphatic heterocycles. The fourth-order valence-corrected chi connectivity index (χ4v) is 2.37. The van der Waals surface area contributed by atoms with E-state index in [1.165, 1.54) is 16.4 Å². The average Bonchev–Trinajstić information content (AvgIpc) is 2.92. The van der Waals surface area contributed by atoms with Crippen molar-refractivity contribution in [2.45, 2.75) is 5.16 Å². The van der Waals surface area contributed by atoms with E-state index in [0.29, 0.717) is 17.5 Å². The topological polar surface area (TPSA) is 95.1 Å². The van der Waals surface area contributed by atoms with Gasteiger partial charge in [0.25, 0.3) is 0 Å². The quantitative estimate of drug-likeness (QED) is 0.450. The molecule has 1 heterocycles. The van der Waals surface area contributed by atoms with Crippen molar-refractivity contribution >= 4 is 17.7 Å². The van der Waals surface area contributed by atoms with Crippen molar-refractivity contribution in [1.82, 2.24) is 20.2 Å². The van der Waals surface area contributed by atoms with Gasteiger partial charge in [-0.15, -0.1) is 16.8 Å². The van der Waals surface area contributed by atoms with Crippen molar-refractivity contribution < 1.29 is 9.53 Å². The third-order valence-electron chi connectivity index (χ3n) is 2.79. The lowest BCUT2D eigenvalue weighted by molar-refractivity contribution is -0.118. The van der Waals surface area contributed by atoms with E-state index >= 15 is 0 Å². The molecule has 8 heteroatoms. The van der Waals surface area contributed by atoms with Crippen molar-refractivity contribution in [3.05, 3.63) is 36.9 Å². The van der Waals surface area contributed by atoms with Crippen LogP contribution in [-0.2, 0) is 4.79 Å². The number of aromatic nitrogens is 3. The van der Waals surface area contributed by atoms with Gasteiger partial charge in [-0.3, -0.25) is 4.79 Å². The molecule has 1 aromatic heterocycles. The summed E-state index contributed by atoms with van der Waals surface area (Å²) in [5.74, 6) is 7.36. The molecule has 0 aliphatic carbocycles. The standard InChI is InChI=1S/C14H17N5O2S/c1-3-8-16-12(20)9-22-14-18-17-13(19(14)15)10-4-6-11(21-2)7-5-10/h3-7H,1,8-9,15H2,2H3,(H,16,20). The molecule has 0 atom stereocenters. The van der Waals surface area contributed by atoms with Crippen LogP contribution < -0.4 is 15.9 Å². The lowest BCUT2D eigenvalue weighted by Crippen LogP contribution is -2.25. The van der Waals surface area contributed by atoms with E-state index < -0.39 is 0 Å². The molecule has 1 amide bonds. The first-order chi connectivity index (χ1) is 10.7. The number of nitrogen functional groups attached to an aromatic ring is 1. The van der Waals surface area contributed by atoms with Gasteiger partial charge in [0.2, 0.25) is 11.1 Å². The summed E-state index contributed by atoms with van der Waals surface area (Å²) in [6.45, 7) is 3.97. The minimum atomic E-state index is -0.112. The molecule has 2 aromatic rings. The number of carbonyl (C=O) groups is 1. The number of thioether (sulfide) groups is 1. The van der Waals surface area contributed by atoms with Crippen LogP contribution in [0, 0.1) is 0 Å². The zero-order valence-corrected chi connectivity index (χ0v) is 13.0. The molecule has 0 aliphatic rings. The van der Waals surface area contributed by atoms with E-state index in [1.54, 1.807) is 13.2 Å². The van der Waals surface area contributed by atoms with E-state index in [0.717, 1.165) is 11.3 Å². The summed E-state index contributed by atoms with van der Waals surface area (Å²) in [6, 6.07) is 7.33. The Hall–Kier alpha value is -2.48. The normalized spacial score (nSPS) is 10.2. The first-order valence-corrected chi connectivity index (χ1v) is 7.49. The summed E-state index contributed by atoms with van der Waals surface area (Å²) in [7, 11) is 1.60. The SMILES string of the molecule is C=CCNC(=O)CSc1nnc(-c2ccc(OC)cc2)n1N. The maximum Gasteiger partial charge on any atom is 0.230 e. The largest absolute Gasteiger partial charge is 0.497 e. The first kappa shape index (κ1) is 15.9. The van der Waals surface area contributed by atoms with Gasteiger partial charge < -0.3 is 15.9 Å². The second-order valence-electron chi connectivity index (χ2n) is 4.29. The smallest absolute Gasteiger partial charge is 0.230 e. The molecule has 0 fully saturated rings. The zero-order chi connectivity index (χ0) is 15.9. The van der Waals surface area contributed by atoms with Gasteiger partial charge in [0.15, 0.2) is 5.82 Å². The Morgan fingerprint density at radius 1 is 1.45 bits per heavy atom. The average molecular weight is 319 g/mol. The van der Waals surface area contributed by atoms with Crippen LogP contribution in [0.25, 0.3) is 11.4 Å². The Labute approximate surface area is 132 Å². The van der Waals surface area contributed by atoms with Crippen LogP contribution in [0.4, 0.5) is 0 Å². The van der Waals surface area contributed by atoms with Gasteiger partial charge in [0.05, 0.1) is 12.9 Å². The van der Waals surface area contributed by atoms with Gasteiger partial charge in [-0.05, 0) is 24.3 Å². The van der Waals surface area contributed by atoms with E-state index in [4.69, 9.17) is 10.6 Å². The van der Waals surface area contributed by atoms with E-state index in [9.17, 15) is 4.79 Å². The molecule has 0 radical (unpaired) electrons. The summed E-state index contributed by atoms with van der Waals surface area (Å²) in [5, 5.41) is 11.2. The highest BCUT2D eigenvalue weighted by Gasteiger charge is 2.13. The highest BCUT2D eigenvalue weighted by Crippen LogP contribution is 2.23. The number of methoxy groups -OCH3 is 1. The van der Waals surface area contributed by atoms with Crippen LogP contribution in [0.2, 0.25) is 0 Å². The van der Waals surface area contributed by atoms with Crippen molar-refractivity contribution in [2.24, 2.45) is 0 Å². The van der Waals surface area contributed by atoms with Gasteiger partial charge in [-0.1, -0.05) is 17.8 Å². The molecule has 0 bridgehead atoms. The molecule has 2 rings (SSSR count). The Balaban J connectivity index is 2.05. The summed E-state index contributed by atoms with van der Waals surface area (Å²) < 4.78 is 6.48. The summed E-state index contributed by atoms with van der Waals surface area (Å²) in [4.78, 5) is 11.5. The predicted molar refractivity (Wildman–Crippen MR) is 86.1 cm³/mol. The zero-order valence-electron chi connectivity index (χ0n) is 12.2. The second kappa shape index (κ2) is 7.51. The van der Waals surface area contributed by atoms with Crippen LogP contribution >= 0.6 is 11.8 Å². The number of nitrogens with two attached hydrogens (primary N) is 1. The minimum absolute atomic E-state index is 0.112. The van der Waals surface area contributed by atoms with Crippen molar-refractivity contribution in [3.8, 4) is 17.1 Å². The number of hydrogen-bond donors (Lipinski definition) is 2.